The summed E-state index contributed by atoms with van der Waals surface area (Å²) in [5.74, 6) is 0.342. The maximum atomic E-state index is 13.4. The van der Waals surface area contributed by atoms with E-state index in [0.29, 0.717) is 16.3 Å². The van der Waals surface area contributed by atoms with Crippen molar-refractivity contribution in [2.24, 2.45) is 0 Å². The van der Waals surface area contributed by atoms with E-state index in [9.17, 15) is 9.59 Å². The van der Waals surface area contributed by atoms with Crippen molar-refractivity contribution in [3.8, 4) is 5.75 Å². The second-order valence-corrected chi connectivity index (χ2v) is 15.2. The maximum Gasteiger partial charge on any atom is 0.262 e. The van der Waals surface area contributed by atoms with Crippen LogP contribution in [0.2, 0.25) is 24.7 Å². The van der Waals surface area contributed by atoms with Crippen LogP contribution in [-0.4, -0.2) is 31.6 Å². The lowest BCUT2D eigenvalue weighted by molar-refractivity contribution is -0.115. The van der Waals surface area contributed by atoms with Crippen LogP contribution in [-0.2, 0) is 11.2 Å². The second-order valence-electron chi connectivity index (χ2n) is 9.65. The van der Waals surface area contributed by atoms with Crippen molar-refractivity contribution >= 4 is 53.3 Å². The highest BCUT2D eigenvalue weighted by Gasteiger charge is 2.22. The number of amides is 1. The summed E-state index contributed by atoms with van der Waals surface area (Å²) in [6.45, 7) is 8.74. The topological polar surface area (TPSA) is 60.3 Å². The van der Waals surface area contributed by atoms with E-state index in [4.69, 9.17) is 16.3 Å². The smallest absolute Gasteiger partial charge is 0.262 e. The number of rotatable bonds is 6. The first-order chi connectivity index (χ1) is 16.6. The Morgan fingerprint density at radius 3 is 2.23 bits per heavy atom. The summed E-state index contributed by atoms with van der Waals surface area (Å²) in [5.41, 5.74) is 3.51. The summed E-state index contributed by atoms with van der Waals surface area (Å²) in [6, 6.07) is 20.4. The van der Waals surface area contributed by atoms with Gasteiger partial charge in [0.25, 0.3) is 5.91 Å². The van der Waals surface area contributed by atoms with Gasteiger partial charge < -0.3 is 10.1 Å². The number of methoxy groups -OCH3 is 1. The molecule has 1 amide bonds. The fourth-order valence-electron chi connectivity index (χ4n) is 4.22. The Morgan fingerprint density at radius 2 is 1.63 bits per heavy atom. The first-order valence-electron chi connectivity index (χ1n) is 11.5. The van der Waals surface area contributed by atoms with Crippen LogP contribution in [0.3, 0.4) is 0 Å². The number of anilines is 1. The number of hydrogen-bond donors (Lipinski definition) is 1. The Morgan fingerprint density at radius 1 is 0.971 bits per heavy atom. The summed E-state index contributed by atoms with van der Waals surface area (Å²) < 4.78 is 7.07. The summed E-state index contributed by atoms with van der Waals surface area (Å²) in [5, 5.41) is 5.72. The van der Waals surface area contributed by atoms with Crippen LogP contribution in [0.25, 0.3) is 10.9 Å². The zero-order valence-corrected chi connectivity index (χ0v) is 22.4. The lowest BCUT2D eigenvalue weighted by atomic mass is 10.1. The van der Waals surface area contributed by atoms with Gasteiger partial charge in [0, 0.05) is 27.4 Å². The van der Waals surface area contributed by atoms with Crippen LogP contribution in [0.15, 0.2) is 66.7 Å². The van der Waals surface area contributed by atoms with E-state index in [-0.39, 0.29) is 18.2 Å². The molecular formula is C28H29ClN2O3Si. The average Bonchev–Trinajstić information content (AvgIpc) is 3.09. The molecule has 5 nitrogen and oxygen atoms in total. The van der Waals surface area contributed by atoms with Crippen LogP contribution in [0.5, 0.6) is 5.75 Å². The van der Waals surface area contributed by atoms with Crippen LogP contribution in [0.1, 0.15) is 21.6 Å². The van der Waals surface area contributed by atoms with Gasteiger partial charge in [0.15, 0.2) is 0 Å². The third-order valence-electron chi connectivity index (χ3n) is 6.21. The molecule has 1 N–H and O–H groups in total. The Labute approximate surface area is 211 Å². The molecule has 1 heterocycles. The maximum absolute atomic E-state index is 13.4. The molecule has 0 saturated carbocycles. The average molecular weight is 505 g/mol. The van der Waals surface area contributed by atoms with Gasteiger partial charge in [-0.3, -0.25) is 14.2 Å². The minimum atomic E-state index is -1.41. The molecule has 0 atom stereocenters. The van der Waals surface area contributed by atoms with Gasteiger partial charge in [0.1, 0.15) is 5.75 Å². The van der Waals surface area contributed by atoms with Crippen molar-refractivity contribution in [1.29, 1.82) is 0 Å². The standard InChI is InChI=1S/C28H29ClN2O3Si/c1-18-24(17-27(32)30-21-10-13-23(14-11-21)35(3,4)5)25-16-22(34-2)12-15-26(25)31(18)28(33)19-6-8-20(29)9-7-19/h6-16H,17H2,1-5H3,(H,30,32). The van der Waals surface area contributed by atoms with Crippen molar-refractivity contribution in [2.75, 3.05) is 12.4 Å². The molecule has 7 heteroatoms. The molecule has 0 spiro atoms. The molecule has 0 aliphatic heterocycles. The van der Waals surface area contributed by atoms with Gasteiger partial charge in [-0.1, -0.05) is 48.6 Å². The molecule has 0 aliphatic rings. The van der Waals surface area contributed by atoms with Crippen LogP contribution in [0.4, 0.5) is 5.69 Å². The minimum Gasteiger partial charge on any atom is -0.497 e. The number of halogens is 1. The fourth-order valence-corrected chi connectivity index (χ4v) is 5.51. The normalized spacial score (nSPS) is 11.5. The summed E-state index contributed by atoms with van der Waals surface area (Å²) >= 11 is 6.01. The van der Waals surface area contributed by atoms with E-state index >= 15 is 0 Å². The third kappa shape index (κ3) is 5.18. The molecule has 4 aromatic rings. The van der Waals surface area contributed by atoms with Crippen LogP contribution in [0, 0.1) is 6.92 Å². The Kier molecular flexibility index (Phi) is 6.88. The lowest BCUT2D eigenvalue weighted by Gasteiger charge is -2.17. The van der Waals surface area contributed by atoms with Crippen LogP contribution >= 0.6 is 11.6 Å². The molecule has 1 aromatic heterocycles. The number of ether oxygens (including phenoxy) is 1. The number of aromatic nitrogens is 1. The van der Waals surface area contributed by atoms with Gasteiger partial charge >= 0.3 is 0 Å². The van der Waals surface area contributed by atoms with Crippen molar-refractivity contribution in [3.63, 3.8) is 0 Å². The number of carbonyl (C=O) groups excluding carboxylic acids is 2. The van der Waals surface area contributed by atoms with E-state index in [0.717, 1.165) is 27.8 Å². The summed E-state index contributed by atoms with van der Waals surface area (Å²) in [4.78, 5) is 26.5. The van der Waals surface area contributed by atoms with Crippen molar-refractivity contribution in [1.82, 2.24) is 4.57 Å². The second kappa shape index (κ2) is 9.72. The summed E-state index contributed by atoms with van der Waals surface area (Å²) in [7, 11) is 0.187. The summed E-state index contributed by atoms with van der Waals surface area (Å²) in [6.07, 6.45) is 0.131. The molecule has 3 aromatic carbocycles. The van der Waals surface area contributed by atoms with Crippen molar-refractivity contribution < 1.29 is 14.3 Å². The first-order valence-corrected chi connectivity index (χ1v) is 15.3. The lowest BCUT2D eigenvalue weighted by Crippen LogP contribution is -2.37. The molecule has 0 bridgehead atoms. The van der Waals surface area contributed by atoms with E-state index < -0.39 is 8.07 Å². The van der Waals surface area contributed by atoms with E-state index in [2.05, 4.69) is 37.1 Å². The molecule has 0 radical (unpaired) electrons. The first kappa shape index (κ1) is 24.8. The molecule has 0 aliphatic carbocycles. The molecule has 35 heavy (non-hydrogen) atoms. The van der Waals surface area contributed by atoms with Crippen LogP contribution < -0.4 is 15.2 Å². The number of fused-ring (bicyclic) bond motifs is 1. The highest BCUT2D eigenvalue weighted by Crippen LogP contribution is 2.31. The van der Waals surface area contributed by atoms with Gasteiger partial charge in [0.05, 0.1) is 27.1 Å². The van der Waals surface area contributed by atoms with Gasteiger partial charge in [-0.25, -0.2) is 0 Å². The number of nitrogens with zero attached hydrogens (tertiary/aromatic N) is 1. The molecule has 0 fully saturated rings. The van der Waals surface area contributed by atoms with Gasteiger partial charge in [-0.2, -0.15) is 0 Å². The monoisotopic (exact) mass is 504 g/mol. The van der Waals surface area contributed by atoms with Crippen molar-refractivity contribution in [2.45, 2.75) is 33.0 Å². The molecule has 0 saturated heterocycles. The SMILES string of the molecule is COc1ccc2c(c1)c(CC(=O)Nc1ccc([Si](C)(C)C)cc1)c(C)n2C(=O)c1ccc(Cl)cc1. The number of benzene rings is 3. The third-order valence-corrected chi connectivity index (χ3v) is 8.53. The van der Waals surface area contributed by atoms with E-state index in [1.54, 1.807) is 35.9 Å². The predicted molar refractivity (Wildman–Crippen MR) is 146 cm³/mol. The van der Waals surface area contributed by atoms with Gasteiger partial charge in [-0.15, -0.1) is 0 Å². The zero-order chi connectivity index (χ0) is 25.3. The zero-order valence-electron chi connectivity index (χ0n) is 20.6. The molecule has 4 rings (SSSR count). The highest BCUT2D eigenvalue weighted by molar-refractivity contribution is 6.88. The molecule has 0 unspecified atom stereocenters. The van der Waals surface area contributed by atoms with Crippen molar-refractivity contribution in [3.05, 3.63) is 88.6 Å². The number of hydrogen-bond acceptors (Lipinski definition) is 3. The Hall–Kier alpha value is -3.35. The largest absolute Gasteiger partial charge is 0.497 e. The Bertz CT molecular complexity index is 1400. The van der Waals surface area contributed by atoms with E-state index in [1.165, 1.54) is 5.19 Å². The quantitative estimate of drug-likeness (QED) is 0.326. The minimum absolute atomic E-state index is 0.131. The van der Waals surface area contributed by atoms with Gasteiger partial charge in [0.2, 0.25) is 5.91 Å². The molecule has 180 valence electrons. The predicted octanol–water partition coefficient (Wildman–Crippen LogP) is 6.03. The van der Waals surface area contributed by atoms with E-state index in [1.807, 2.05) is 37.3 Å². The van der Waals surface area contributed by atoms with Gasteiger partial charge in [-0.05, 0) is 67.1 Å². The highest BCUT2D eigenvalue weighted by atomic mass is 35.5. The fraction of sp³-hybridized carbons (Fsp3) is 0.214. The number of carbonyl (C=O) groups is 2. The Balaban J connectivity index is 1.68. The molecular weight excluding hydrogens is 476 g/mol. The number of nitrogens with one attached hydrogen (secondary N) is 1.